The quantitative estimate of drug-likeness (QED) is 0.615. The Morgan fingerprint density at radius 2 is 1.82 bits per heavy atom. The molecule has 3 atom stereocenters. The number of carbonyl (C=O) groups excluding carboxylic acids is 1. The zero-order chi connectivity index (χ0) is 23.3. The van der Waals surface area contributed by atoms with Crippen LogP contribution < -0.4 is 5.32 Å². The molecule has 2 aromatic carbocycles. The largest absolute Gasteiger partial charge is 0.371 e. The van der Waals surface area contributed by atoms with Crippen molar-refractivity contribution < 1.29 is 9.53 Å². The lowest BCUT2D eigenvalue weighted by atomic mass is 9.74. The molecule has 1 saturated heterocycles. The fourth-order valence-corrected chi connectivity index (χ4v) is 7.67. The number of halogens is 1. The SMILES string of the molecule is COC(C(=O)NC1CCN(CC23CC(c4ccccc42)c2ccc(Cl)cc23)CC1)C1CCCC1. The number of fused-ring (bicyclic) bond motifs is 8. The molecule has 0 spiro atoms. The summed E-state index contributed by atoms with van der Waals surface area (Å²) < 4.78 is 5.62. The molecule has 1 N–H and O–H groups in total. The molecule has 4 nitrogen and oxygen atoms in total. The van der Waals surface area contributed by atoms with Gasteiger partial charge in [-0.05, 0) is 72.4 Å². The summed E-state index contributed by atoms with van der Waals surface area (Å²) in [6.07, 6.45) is 7.52. The van der Waals surface area contributed by atoms with E-state index in [1.54, 1.807) is 7.11 Å². The molecular formula is C29H35ClN2O2. The summed E-state index contributed by atoms with van der Waals surface area (Å²) in [7, 11) is 1.68. The molecule has 5 heteroatoms. The minimum atomic E-state index is -0.286. The highest BCUT2D eigenvalue weighted by molar-refractivity contribution is 6.30. The zero-order valence-corrected chi connectivity index (χ0v) is 20.8. The molecule has 6 rings (SSSR count). The molecule has 2 bridgehead atoms. The van der Waals surface area contributed by atoms with Gasteiger partial charge in [0.25, 0.3) is 0 Å². The molecule has 1 amide bonds. The molecule has 3 aliphatic carbocycles. The van der Waals surface area contributed by atoms with Gasteiger partial charge in [-0.1, -0.05) is 54.8 Å². The van der Waals surface area contributed by atoms with E-state index in [4.69, 9.17) is 16.3 Å². The lowest BCUT2D eigenvalue weighted by Gasteiger charge is -2.40. The van der Waals surface area contributed by atoms with Crippen LogP contribution >= 0.6 is 11.6 Å². The Hall–Kier alpha value is -1.88. The van der Waals surface area contributed by atoms with E-state index in [9.17, 15) is 4.79 Å². The summed E-state index contributed by atoms with van der Waals surface area (Å²) in [5.41, 5.74) is 5.91. The van der Waals surface area contributed by atoms with E-state index in [1.807, 2.05) is 6.07 Å². The van der Waals surface area contributed by atoms with Gasteiger partial charge < -0.3 is 15.0 Å². The van der Waals surface area contributed by atoms with Crippen LogP contribution in [0.4, 0.5) is 0 Å². The van der Waals surface area contributed by atoms with Crippen LogP contribution in [-0.4, -0.2) is 49.7 Å². The molecule has 1 aliphatic heterocycles. The molecule has 180 valence electrons. The molecule has 0 aromatic heterocycles. The number of amides is 1. The molecule has 2 aromatic rings. The Labute approximate surface area is 208 Å². The van der Waals surface area contributed by atoms with E-state index in [-0.39, 0.29) is 23.5 Å². The van der Waals surface area contributed by atoms with Gasteiger partial charge in [0, 0.05) is 49.1 Å². The first-order valence-electron chi connectivity index (χ1n) is 13.0. The highest BCUT2D eigenvalue weighted by Crippen LogP contribution is 2.60. The number of carbonyl (C=O) groups is 1. The number of benzene rings is 2. The van der Waals surface area contributed by atoms with Gasteiger partial charge in [0.15, 0.2) is 0 Å². The molecule has 0 radical (unpaired) electrons. The van der Waals surface area contributed by atoms with Crippen molar-refractivity contribution in [3.05, 3.63) is 69.7 Å². The van der Waals surface area contributed by atoms with Crippen LogP contribution in [0.2, 0.25) is 5.02 Å². The van der Waals surface area contributed by atoms with Crippen LogP contribution in [0.25, 0.3) is 0 Å². The molecule has 2 fully saturated rings. The fraction of sp³-hybridized carbons (Fsp3) is 0.552. The van der Waals surface area contributed by atoms with E-state index >= 15 is 0 Å². The number of ether oxygens (including phenoxy) is 1. The van der Waals surface area contributed by atoms with Gasteiger partial charge in [0.1, 0.15) is 6.10 Å². The first-order valence-corrected chi connectivity index (χ1v) is 13.4. The number of rotatable bonds is 6. The average molecular weight is 479 g/mol. The highest BCUT2D eigenvalue weighted by Gasteiger charge is 2.53. The summed E-state index contributed by atoms with van der Waals surface area (Å²) in [6.45, 7) is 3.05. The van der Waals surface area contributed by atoms with E-state index in [2.05, 4.69) is 46.6 Å². The van der Waals surface area contributed by atoms with E-state index in [0.717, 1.165) is 56.8 Å². The third kappa shape index (κ3) is 3.70. The predicted molar refractivity (Wildman–Crippen MR) is 135 cm³/mol. The summed E-state index contributed by atoms with van der Waals surface area (Å²) in [5, 5.41) is 4.16. The van der Waals surface area contributed by atoms with E-state index in [1.165, 1.54) is 35.1 Å². The number of hydrogen-bond donors (Lipinski definition) is 1. The molecule has 4 aliphatic rings. The lowest BCUT2D eigenvalue weighted by Crippen LogP contribution is -2.51. The van der Waals surface area contributed by atoms with Crippen LogP contribution in [-0.2, 0) is 14.9 Å². The van der Waals surface area contributed by atoms with Crippen molar-refractivity contribution in [3.63, 3.8) is 0 Å². The van der Waals surface area contributed by atoms with Crippen molar-refractivity contribution >= 4 is 17.5 Å². The maximum absolute atomic E-state index is 12.9. The van der Waals surface area contributed by atoms with Crippen LogP contribution in [0.3, 0.4) is 0 Å². The van der Waals surface area contributed by atoms with Crippen molar-refractivity contribution in [2.75, 3.05) is 26.7 Å². The summed E-state index contributed by atoms with van der Waals surface area (Å²) >= 11 is 6.48. The standard InChI is InChI=1S/C29H35ClN2O2/c1-34-27(19-6-2-3-7-19)28(33)31-21-12-14-32(15-13-21)18-29-17-24(22-8-4-5-9-25(22)29)23-11-10-20(30)16-26(23)29/h4-5,8-11,16,19,21,24,27H,2-3,6-7,12-15,17-18H2,1H3,(H,31,33). The number of likely N-dealkylation sites (tertiary alicyclic amines) is 1. The monoisotopic (exact) mass is 478 g/mol. The Bertz CT molecular complexity index is 1070. The summed E-state index contributed by atoms with van der Waals surface area (Å²) in [6, 6.07) is 15.8. The van der Waals surface area contributed by atoms with Crippen LogP contribution in [0.15, 0.2) is 42.5 Å². The van der Waals surface area contributed by atoms with Gasteiger partial charge in [0.05, 0.1) is 0 Å². The van der Waals surface area contributed by atoms with Gasteiger partial charge in [-0.15, -0.1) is 0 Å². The number of piperidine rings is 1. The highest BCUT2D eigenvalue weighted by atomic mass is 35.5. The van der Waals surface area contributed by atoms with Crippen LogP contribution in [0.1, 0.15) is 73.1 Å². The summed E-state index contributed by atoms with van der Waals surface area (Å²) in [4.78, 5) is 15.6. The second kappa shape index (κ2) is 8.96. The van der Waals surface area contributed by atoms with Crippen molar-refractivity contribution in [2.45, 2.75) is 68.4 Å². The maximum Gasteiger partial charge on any atom is 0.249 e. The fourth-order valence-electron chi connectivity index (χ4n) is 7.49. The van der Waals surface area contributed by atoms with Crippen molar-refractivity contribution in [2.24, 2.45) is 5.92 Å². The Morgan fingerprint density at radius 3 is 2.59 bits per heavy atom. The molecule has 1 saturated carbocycles. The first kappa shape index (κ1) is 22.6. The number of nitrogens with zero attached hydrogens (tertiary/aromatic N) is 1. The van der Waals surface area contributed by atoms with Gasteiger partial charge >= 0.3 is 0 Å². The minimum Gasteiger partial charge on any atom is -0.371 e. The van der Waals surface area contributed by atoms with Crippen molar-refractivity contribution in [1.82, 2.24) is 10.2 Å². The third-order valence-corrected chi connectivity index (χ3v) is 9.31. The Balaban J connectivity index is 1.14. The topological polar surface area (TPSA) is 41.6 Å². The van der Waals surface area contributed by atoms with Gasteiger partial charge in [-0.25, -0.2) is 0 Å². The van der Waals surface area contributed by atoms with Crippen molar-refractivity contribution in [1.29, 1.82) is 0 Å². The second-order valence-corrected chi connectivity index (χ2v) is 11.4. The lowest BCUT2D eigenvalue weighted by molar-refractivity contribution is -0.135. The van der Waals surface area contributed by atoms with E-state index < -0.39 is 0 Å². The van der Waals surface area contributed by atoms with Gasteiger partial charge in [-0.2, -0.15) is 0 Å². The first-order chi connectivity index (χ1) is 16.6. The average Bonchev–Trinajstić information content (AvgIpc) is 3.56. The Morgan fingerprint density at radius 1 is 1.09 bits per heavy atom. The maximum atomic E-state index is 12.9. The minimum absolute atomic E-state index is 0.0290. The Kier molecular flexibility index (Phi) is 5.95. The normalized spacial score (nSPS) is 27.5. The second-order valence-electron chi connectivity index (χ2n) is 10.9. The van der Waals surface area contributed by atoms with Gasteiger partial charge in [-0.3, -0.25) is 4.79 Å². The molecule has 34 heavy (non-hydrogen) atoms. The van der Waals surface area contributed by atoms with E-state index in [0.29, 0.717) is 11.8 Å². The third-order valence-electron chi connectivity index (χ3n) is 9.08. The van der Waals surface area contributed by atoms with Gasteiger partial charge in [0.2, 0.25) is 5.91 Å². The molecule has 1 heterocycles. The van der Waals surface area contributed by atoms with Crippen LogP contribution in [0, 0.1) is 5.92 Å². The molecular weight excluding hydrogens is 444 g/mol. The number of hydrogen-bond acceptors (Lipinski definition) is 3. The molecule has 3 unspecified atom stereocenters. The van der Waals surface area contributed by atoms with Crippen LogP contribution in [0.5, 0.6) is 0 Å². The van der Waals surface area contributed by atoms with Crippen molar-refractivity contribution in [3.8, 4) is 0 Å². The zero-order valence-electron chi connectivity index (χ0n) is 20.1. The summed E-state index contributed by atoms with van der Waals surface area (Å²) in [5.74, 6) is 0.967. The smallest absolute Gasteiger partial charge is 0.249 e. The number of nitrogens with one attached hydrogen (secondary N) is 1. The predicted octanol–water partition coefficient (Wildman–Crippen LogP) is 5.26. The number of methoxy groups -OCH3 is 1.